The van der Waals surface area contributed by atoms with Crippen LogP contribution in [0.3, 0.4) is 0 Å². The van der Waals surface area contributed by atoms with E-state index in [9.17, 15) is 13.2 Å². The van der Waals surface area contributed by atoms with Crippen LogP contribution in [-0.2, 0) is 26.0 Å². The zero-order chi connectivity index (χ0) is 13.8. The second-order valence-corrected chi connectivity index (χ2v) is 5.65. The molecule has 0 aliphatic rings. The van der Waals surface area contributed by atoms with Crippen LogP contribution in [0.1, 0.15) is 12.7 Å². The van der Waals surface area contributed by atoms with Crippen molar-refractivity contribution in [3.8, 4) is 0 Å². The highest BCUT2D eigenvalue weighted by Crippen LogP contribution is 2.07. The van der Waals surface area contributed by atoms with Gasteiger partial charge in [-0.1, -0.05) is 6.92 Å². The number of imidazole rings is 1. The van der Waals surface area contributed by atoms with Crippen molar-refractivity contribution in [2.45, 2.75) is 23.7 Å². The average molecular weight is 296 g/mol. The van der Waals surface area contributed by atoms with Crippen LogP contribution < -0.4 is 4.72 Å². The predicted molar refractivity (Wildman–Crippen MR) is 64.8 cm³/mol. The number of sulfonamides is 1. The smallest absolute Gasteiger partial charge is 0.325 e. The summed E-state index contributed by atoms with van der Waals surface area (Å²) in [6.45, 7) is 1.59. The van der Waals surface area contributed by atoms with Gasteiger partial charge in [-0.2, -0.15) is 0 Å². The van der Waals surface area contributed by atoms with Crippen LogP contribution >= 0.6 is 11.6 Å². The number of methoxy groups -OCH3 is 1. The van der Waals surface area contributed by atoms with E-state index in [0.717, 1.165) is 0 Å². The van der Waals surface area contributed by atoms with E-state index in [1.807, 2.05) is 6.92 Å². The number of esters is 1. The highest BCUT2D eigenvalue weighted by Gasteiger charge is 2.22. The van der Waals surface area contributed by atoms with E-state index in [4.69, 9.17) is 11.6 Å². The van der Waals surface area contributed by atoms with Gasteiger partial charge in [0.2, 0.25) is 0 Å². The molecule has 0 spiro atoms. The highest BCUT2D eigenvalue weighted by molar-refractivity contribution is 7.89. The fourth-order valence-corrected chi connectivity index (χ4v) is 2.37. The molecule has 1 aromatic rings. The fraction of sp³-hybridized carbons (Fsp3) is 0.556. The zero-order valence-electron chi connectivity index (χ0n) is 9.94. The van der Waals surface area contributed by atoms with Crippen LogP contribution in [0.15, 0.2) is 11.2 Å². The number of halogens is 1. The standard InChI is InChI=1S/C9H14ClN3O4S/c1-3-7-11-5-8(13-7)18(15,16)12-4-6(10)9(14)17-2/h5-6,12H,3-4H2,1-2H3,(H,11,13). The Hall–Kier alpha value is -1.12. The second kappa shape index (κ2) is 6.17. The van der Waals surface area contributed by atoms with Gasteiger partial charge in [-0.15, -0.1) is 11.6 Å². The molecule has 0 fully saturated rings. The Morgan fingerprint density at radius 3 is 2.83 bits per heavy atom. The van der Waals surface area contributed by atoms with Crippen LogP contribution in [0.5, 0.6) is 0 Å². The third-order valence-corrected chi connectivity index (χ3v) is 3.80. The van der Waals surface area contributed by atoms with Gasteiger partial charge in [0.25, 0.3) is 10.0 Å². The largest absolute Gasteiger partial charge is 0.468 e. The quantitative estimate of drug-likeness (QED) is 0.569. The minimum atomic E-state index is -3.75. The summed E-state index contributed by atoms with van der Waals surface area (Å²) in [6, 6.07) is 0. The Balaban J connectivity index is 2.68. The number of alkyl halides is 1. The molecule has 2 N–H and O–H groups in total. The van der Waals surface area contributed by atoms with Gasteiger partial charge in [0.15, 0.2) is 5.03 Å². The number of carbonyl (C=O) groups excluding carboxylic acids is 1. The molecule has 9 heteroatoms. The Morgan fingerprint density at radius 2 is 2.33 bits per heavy atom. The molecule has 0 bridgehead atoms. The maximum atomic E-state index is 11.8. The first kappa shape index (κ1) is 14.9. The third kappa shape index (κ3) is 3.69. The molecular formula is C9H14ClN3O4S. The van der Waals surface area contributed by atoms with Crippen molar-refractivity contribution >= 4 is 27.6 Å². The van der Waals surface area contributed by atoms with E-state index in [1.165, 1.54) is 13.3 Å². The lowest BCUT2D eigenvalue weighted by molar-refractivity contribution is -0.140. The molecule has 1 heterocycles. The maximum absolute atomic E-state index is 11.8. The number of H-pyrrole nitrogens is 1. The minimum absolute atomic E-state index is 0.0620. The number of ether oxygens (including phenoxy) is 1. The summed E-state index contributed by atoms with van der Waals surface area (Å²) in [5.74, 6) is -0.135. The zero-order valence-corrected chi connectivity index (χ0v) is 11.5. The average Bonchev–Trinajstić information content (AvgIpc) is 2.84. The number of hydrogen-bond acceptors (Lipinski definition) is 5. The number of aromatic nitrogens is 2. The van der Waals surface area contributed by atoms with E-state index < -0.39 is 21.4 Å². The van der Waals surface area contributed by atoms with Crippen LogP contribution in [-0.4, -0.2) is 43.4 Å². The first-order valence-electron chi connectivity index (χ1n) is 5.16. The Labute approximate surface area is 110 Å². The summed E-state index contributed by atoms with van der Waals surface area (Å²) in [6.07, 6.45) is 1.80. The fourth-order valence-electron chi connectivity index (χ4n) is 1.13. The molecule has 0 aliphatic heterocycles. The molecule has 0 radical (unpaired) electrons. The van der Waals surface area contributed by atoms with Crippen molar-refractivity contribution in [3.05, 3.63) is 12.0 Å². The third-order valence-electron chi connectivity index (χ3n) is 2.14. The molecule has 7 nitrogen and oxygen atoms in total. The van der Waals surface area contributed by atoms with Gasteiger partial charge in [-0.3, -0.25) is 4.79 Å². The van der Waals surface area contributed by atoms with Crippen molar-refractivity contribution < 1.29 is 17.9 Å². The number of nitrogens with one attached hydrogen (secondary N) is 2. The Kier molecular flexibility index (Phi) is 5.12. The minimum Gasteiger partial charge on any atom is -0.468 e. The topological polar surface area (TPSA) is 101 Å². The highest BCUT2D eigenvalue weighted by atomic mass is 35.5. The second-order valence-electron chi connectivity index (χ2n) is 3.39. The van der Waals surface area contributed by atoms with Crippen LogP contribution in [0, 0.1) is 0 Å². The van der Waals surface area contributed by atoms with Crippen LogP contribution in [0.4, 0.5) is 0 Å². The molecule has 0 amide bonds. The molecule has 0 aliphatic carbocycles. The predicted octanol–water partition coefficient (Wildman–Crippen LogP) is 0.0308. The molecule has 1 atom stereocenters. The SMILES string of the molecule is CCc1ncc(S(=O)(=O)NCC(Cl)C(=O)OC)[nH]1. The van der Waals surface area contributed by atoms with Crippen molar-refractivity contribution in [2.75, 3.05) is 13.7 Å². The van der Waals surface area contributed by atoms with E-state index in [0.29, 0.717) is 12.2 Å². The molecule has 0 saturated carbocycles. The molecule has 1 unspecified atom stereocenters. The van der Waals surface area contributed by atoms with Gasteiger partial charge < -0.3 is 9.72 Å². The van der Waals surface area contributed by atoms with E-state index in [2.05, 4.69) is 19.4 Å². The number of nitrogens with zero attached hydrogens (tertiary/aromatic N) is 1. The van der Waals surface area contributed by atoms with Gasteiger partial charge in [-0.05, 0) is 0 Å². The van der Waals surface area contributed by atoms with E-state index in [1.54, 1.807) is 0 Å². The molecular weight excluding hydrogens is 282 g/mol. The van der Waals surface area contributed by atoms with Crippen LogP contribution in [0.2, 0.25) is 0 Å². The van der Waals surface area contributed by atoms with Crippen molar-refractivity contribution in [1.29, 1.82) is 0 Å². The Bertz CT molecular complexity index is 514. The number of aryl methyl sites for hydroxylation is 1. The van der Waals surface area contributed by atoms with Gasteiger partial charge in [0.1, 0.15) is 11.2 Å². The summed E-state index contributed by atoms with van der Waals surface area (Å²) in [5, 5.41) is -1.13. The van der Waals surface area contributed by atoms with E-state index >= 15 is 0 Å². The van der Waals surface area contributed by atoms with Gasteiger partial charge in [0, 0.05) is 13.0 Å². The van der Waals surface area contributed by atoms with Crippen molar-refractivity contribution in [1.82, 2.24) is 14.7 Å². The van der Waals surface area contributed by atoms with Crippen molar-refractivity contribution in [2.24, 2.45) is 0 Å². The van der Waals surface area contributed by atoms with Gasteiger partial charge >= 0.3 is 5.97 Å². The number of rotatable bonds is 6. The van der Waals surface area contributed by atoms with Gasteiger partial charge in [-0.25, -0.2) is 18.1 Å². The molecule has 0 aromatic carbocycles. The lowest BCUT2D eigenvalue weighted by Gasteiger charge is -2.08. The summed E-state index contributed by atoms with van der Waals surface area (Å²) in [7, 11) is -2.57. The lowest BCUT2D eigenvalue weighted by Crippen LogP contribution is -2.34. The summed E-state index contributed by atoms with van der Waals surface area (Å²) in [4.78, 5) is 17.5. The molecule has 1 aromatic heterocycles. The monoisotopic (exact) mass is 295 g/mol. The van der Waals surface area contributed by atoms with Crippen LogP contribution in [0.25, 0.3) is 0 Å². The molecule has 18 heavy (non-hydrogen) atoms. The number of carbonyl (C=O) groups is 1. The normalized spacial score (nSPS) is 13.3. The Morgan fingerprint density at radius 1 is 1.67 bits per heavy atom. The summed E-state index contributed by atoms with van der Waals surface area (Å²) < 4.78 is 30.1. The number of hydrogen-bond donors (Lipinski definition) is 2. The summed E-state index contributed by atoms with van der Waals surface area (Å²) >= 11 is 5.63. The first-order valence-corrected chi connectivity index (χ1v) is 7.08. The number of aromatic amines is 1. The maximum Gasteiger partial charge on any atom is 0.325 e. The first-order chi connectivity index (χ1) is 8.40. The van der Waals surface area contributed by atoms with E-state index in [-0.39, 0.29) is 11.6 Å². The molecule has 102 valence electrons. The lowest BCUT2D eigenvalue weighted by atomic mass is 10.4. The molecule has 1 rings (SSSR count). The summed E-state index contributed by atoms with van der Waals surface area (Å²) in [5.41, 5.74) is 0. The van der Waals surface area contributed by atoms with Gasteiger partial charge in [0.05, 0.1) is 13.3 Å². The molecule has 0 saturated heterocycles. The van der Waals surface area contributed by atoms with Crippen molar-refractivity contribution in [3.63, 3.8) is 0 Å².